The van der Waals surface area contributed by atoms with Crippen molar-refractivity contribution in [2.24, 2.45) is 0 Å². The van der Waals surface area contributed by atoms with Crippen molar-refractivity contribution in [3.05, 3.63) is 54.6 Å². The summed E-state index contributed by atoms with van der Waals surface area (Å²) < 4.78 is 51.0. The number of carbonyl (C=O) groups excluding carboxylic acids is 4. The summed E-state index contributed by atoms with van der Waals surface area (Å²) in [5.41, 5.74) is -3.29. The van der Waals surface area contributed by atoms with Crippen LogP contribution in [0.2, 0.25) is 0 Å². The van der Waals surface area contributed by atoms with Gasteiger partial charge in [0.05, 0.1) is 11.4 Å². The quantitative estimate of drug-likeness (QED) is 0.260. The molecule has 1 fully saturated rings. The molecule has 0 unspecified atom stereocenters. The summed E-state index contributed by atoms with van der Waals surface area (Å²) >= 11 is 0. The molecule has 0 bridgehead atoms. The summed E-state index contributed by atoms with van der Waals surface area (Å²) in [5, 5.41) is 4.95. The minimum atomic E-state index is -4.75. The van der Waals surface area contributed by atoms with Crippen molar-refractivity contribution in [1.82, 2.24) is 15.5 Å². The van der Waals surface area contributed by atoms with Crippen molar-refractivity contribution in [3.8, 4) is 11.5 Å². The van der Waals surface area contributed by atoms with Gasteiger partial charge >= 0.3 is 18.3 Å². The molecule has 2 aromatic rings. The molecule has 45 heavy (non-hydrogen) atoms. The van der Waals surface area contributed by atoms with Crippen molar-refractivity contribution in [2.75, 3.05) is 13.1 Å². The number of carbonyl (C=O) groups is 4. The molecule has 3 rings (SSSR count). The standard InChI is InChI=1S/C31H41N3O10S/c1-28(2,3)42-26(37)32-19-18-31(44-27(38)43-29(4,5)6,20-34-24(35)30(7,8)33-25(34)36)45(39,40)23-16-14-22(15-17-23)41-21-12-10-9-11-13-21/h9-17H,18-20H2,1-8H3,(H,32,37)(H,33,36)/t31-/m1/s1. The molecule has 0 spiro atoms. The number of para-hydroxylation sites is 1. The largest absolute Gasteiger partial charge is 0.510 e. The van der Waals surface area contributed by atoms with E-state index in [9.17, 15) is 27.6 Å². The van der Waals surface area contributed by atoms with Crippen LogP contribution >= 0.6 is 0 Å². The van der Waals surface area contributed by atoms with E-state index in [0.29, 0.717) is 16.4 Å². The number of sulfone groups is 1. The number of alkyl carbamates (subject to hydrolysis) is 1. The number of imide groups is 1. The fourth-order valence-corrected chi connectivity index (χ4v) is 6.03. The first-order chi connectivity index (χ1) is 20.6. The molecule has 246 valence electrons. The van der Waals surface area contributed by atoms with Crippen LogP contribution in [0.1, 0.15) is 61.8 Å². The van der Waals surface area contributed by atoms with Crippen LogP contribution in [0, 0.1) is 0 Å². The first-order valence-electron chi connectivity index (χ1n) is 14.2. The van der Waals surface area contributed by atoms with Crippen molar-refractivity contribution in [2.45, 2.75) is 88.4 Å². The van der Waals surface area contributed by atoms with Crippen LogP contribution in [0.15, 0.2) is 59.5 Å². The van der Waals surface area contributed by atoms with E-state index in [-0.39, 0.29) is 11.4 Å². The van der Waals surface area contributed by atoms with Crippen LogP contribution in [0.5, 0.6) is 11.5 Å². The average Bonchev–Trinajstić information content (AvgIpc) is 3.08. The molecular formula is C31H41N3O10S. The van der Waals surface area contributed by atoms with Crippen LogP contribution in [-0.4, -0.2) is 72.3 Å². The van der Waals surface area contributed by atoms with E-state index in [0.717, 1.165) is 0 Å². The maximum atomic E-state index is 14.5. The summed E-state index contributed by atoms with van der Waals surface area (Å²) in [6.45, 7) is 11.2. The van der Waals surface area contributed by atoms with Crippen LogP contribution in [0.3, 0.4) is 0 Å². The zero-order valence-corrected chi connectivity index (χ0v) is 27.6. The predicted molar refractivity (Wildman–Crippen MR) is 163 cm³/mol. The molecule has 14 heteroatoms. The third-order valence-electron chi connectivity index (χ3n) is 6.28. The topological polar surface area (TPSA) is 167 Å². The van der Waals surface area contributed by atoms with Gasteiger partial charge in [-0.1, -0.05) is 18.2 Å². The Balaban J connectivity index is 2.08. The molecule has 0 radical (unpaired) electrons. The second kappa shape index (κ2) is 13.0. The van der Waals surface area contributed by atoms with Crippen LogP contribution in [0.25, 0.3) is 0 Å². The number of nitrogens with zero attached hydrogens (tertiary/aromatic N) is 1. The Morgan fingerprint density at radius 1 is 0.844 bits per heavy atom. The van der Waals surface area contributed by atoms with Gasteiger partial charge in [0.25, 0.3) is 5.91 Å². The lowest BCUT2D eigenvalue weighted by atomic mass is 10.1. The number of ether oxygens (including phenoxy) is 4. The highest BCUT2D eigenvalue weighted by atomic mass is 32.2. The Labute approximate surface area is 263 Å². The monoisotopic (exact) mass is 647 g/mol. The van der Waals surface area contributed by atoms with E-state index >= 15 is 0 Å². The van der Waals surface area contributed by atoms with Gasteiger partial charge in [-0.3, -0.25) is 9.69 Å². The van der Waals surface area contributed by atoms with Crippen molar-refractivity contribution >= 4 is 34.0 Å². The van der Waals surface area contributed by atoms with Gasteiger partial charge in [0.2, 0.25) is 14.8 Å². The predicted octanol–water partition coefficient (Wildman–Crippen LogP) is 5.15. The maximum Gasteiger partial charge on any atom is 0.510 e. The smallest absolute Gasteiger partial charge is 0.457 e. The van der Waals surface area contributed by atoms with Crippen molar-refractivity contribution in [3.63, 3.8) is 0 Å². The van der Waals surface area contributed by atoms with Gasteiger partial charge in [0.1, 0.15) is 28.2 Å². The van der Waals surface area contributed by atoms with Gasteiger partial charge < -0.3 is 29.6 Å². The maximum absolute atomic E-state index is 14.5. The lowest BCUT2D eigenvalue weighted by Crippen LogP contribution is -2.55. The molecule has 2 aromatic carbocycles. The molecule has 13 nitrogen and oxygen atoms in total. The van der Waals surface area contributed by atoms with Gasteiger partial charge in [-0.05, 0) is 91.8 Å². The Morgan fingerprint density at radius 2 is 1.40 bits per heavy atom. The number of urea groups is 1. The minimum absolute atomic E-state index is 0.310. The second-order valence-electron chi connectivity index (χ2n) is 13.0. The van der Waals surface area contributed by atoms with Crippen molar-refractivity contribution < 1.29 is 46.5 Å². The van der Waals surface area contributed by atoms with Crippen LogP contribution in [0.4, 0.5) is 14.4 Å². The molecule has 0 aliphatic carbocycles. The molecule has 1 saturated heterocycles. The molecule has 0 aromatic heterocycles. The van der Waals surface area contributed by atoms with E-state index in [4.69, 9.17) is 18.9 Å². The molecule has 1 aliphatic heterocycles. The zero-order chi connectivity index (χ0) is 33.8. The highest BCUT2D eigenvalue weighted by Crippen LogP contribution is 2.35. The van der Waals surface area contributed by atoms with E-state index in [1.165, 1.54) is 38.1 Å². The number of hydrogen-bond acceptors (Lipinski definition) is 10. The molecule has 1 heterocycles. The number of benzene rings is 2. The van der Waals surface area contributed by atoms with Gasteiger partial charge in [-0.15, -0.1) is 0 Å². The Bertz CT molecular complexity index is 1510. The summed E-state index contributed by atoms with van der Waals surface area (Å²) in [6, 6.07) is 13.2. The molecule has 2 N–H and O–H groups in total. The fraction of sp³-hybridized carbons (Fsp3) is 0.484. The summed E-state index contributed by atoms with van der Waals surface area (Å²) in [5.74, 6) is 0.0953. The Hall–Kier alpha value is -4.33. The Morgan fingerprint density at radius 3 is 1.91 bits per heavy atom. The highest BCUT2D eigenvalue weighted by molar-refractivity contribution is 7.92. The second-order valence-corrected chi connectivity index (χ2v) is 15.2. The highest BCUT2D eigenvalue weighted by Gasteiger charge is 2.55. The first-order valence-corrected chi connectivity index (χ1v) is 15.7. The van der Waals surface area contributed by atoms with Gasteiger partial charge in [-0.2, -0.15) is 0 Å². The molecule has 0 saturated carbocycles. The summed E-state index contributed by atoms with van der Waals surface area (Å²) in [6.07, 6.45) is -2.81. The summed E-state index contributed by atoms with van der Waals surface area (Å²) in [7, 11) is -4.75. The van der Waals surface area contributed by atoms with E-state index in [2.05, 4.69) is 10.6 Å². The molecule has 4 amide bonds. The summed E-state index contributed by atoms with van der Waals surface area (Å²) in [4.78, 5) is 49.5. The van der Waals surface area contributed by atoms with Crippen LogP contribution in [-0.2, 0) is 28.8 Å². The SMILES string of the molecule is CC(C)(C)OC(=O)NCC[C@@](CN1C(=O)NC(C)(C)C1=O)(OC(=O)OC(C)(C)C)S(=O)(=O)c1ccc(Oc2ccccc2)cc1. The number of amides is 4. The fourth-order valence-electron chi connectivity index (χ4n) is 4.26. The number of hydrogen-bond donors (Lipinski definition) is 2. The number of nitrogens with one attached hydrogen (secondary N) is 2. The van der Waals surface area contributed by atoms with E-state index in [1.807, 2.05) is 6.07 Å². The molecular weight excluding hydrogens is 606 g/mol. The van der Waals surface area contributed by atoms with E-state index in [1.54, 1.807) is 65.8 Å². The van der Waals surface area contributed by atoms with Gasteiger partial charge in [0.15, 0.2) is 0 Å². The lowest BCUT2D eigenvalue weighted by molar-refractivity contribution is -0.132. The number of rotatable bonds is 10. The van der Waals surface area contributed by atoms with Crippen molar-refractivity contribution in [1.29, 1.82) is 0 Å². The lowest BCUT2D eigenvalue weighted by Gasteiger charge is -2.36. The van der Waals surface area contributed by atoms with Gasteiger partial charge in [0, 0.05) is 13.0 Å². The van der Waals surface area contributed by atoms with E-state index < -0.39 is 68.7 Å². The van der Waals surface area contributed by atoms with Gasteiger partial charge in [-0.25, -0.2) is 22.8 Å². The normalized spacial score (nSPS) is 16.3. The molecule has 1 atom stereocenters. The minimum Gasteiger partial charge on any atom is -0.457 e. The average molecular weight is 648 g/mol. The third-order valence-corrected chi connectivity index (χ3v) is 8.57. The molecule has 1 aliphatic rings. The first kappa shape index (κ1) is 35.2. The zero-order valence-electron chi connectivity index (χ0n) is 26.8. The third kappa shape index (κ3) is 9.10. The van der Waals surface area contributed by atoms with Crippen LogP contribution < -0.4 is 15.4 Å². The Kier molecular flexibility index (Phi) is 10.1.